The zero-order valence-electron chi connectivity index (χ0n) is 29.0. The highest BCUT2D eigenvalue weighted by atomic mass is 35.5. The highest BCUT2D eigenvalue weighted by Gasteiger charge is 2.43. The number of benzene rings is 1. The lowest BCUT2D eigenvalue weighted by Crippen LogP contribution is -2.42. The number of nitrogens with zero attached hydrogens (tertiary/aromatic N) is 4. The van der Waals surface area contributed by atoms with Crippen molar-refractivity contribution < 1.29 is 44.7 Å². The number of nitrogens with one attached hydrogen (secondary N) is 3. The van der Waals surface area contributed by atoms with Gasteiger partial charge in [0.15, 0.2) is 5.65 Å². The fourth-order valence-electron chi connectivity index (χ4n) is 6.50. The normalized spacial score (nSPS) is 19.2. The van der Waals surface area contributed by atoms with E-state index in [9.17, 15) is 44.7 Å². The van der Waals surface area contributed by atoms with Crippen molar-refractivity contribution in [1.29, 1.82) is 0 Å². The molecule has 1 aliphatic carbocycles. The van der Waals surface area contributed by atoms with Crippen LogP contribution in [0.1, 0.15) is 75.2 Å². The molecule has 0 bridgehead atoms. The maximum atomic E-state index is 14.1. The molecule has 53 heavy (non-hydrogen) atoms. The van der Waals surface area contributed by atoms with Crippen LogP contribution >= 0.6 is 23.2 Å². The number of carbonyl (C=O) groups excluding carboxylic acids is 2. The van der Waals surface area contributed by atoms with Crippen LogP contribution in [0.15, 0.2) is 18.2 Å². The van der Waals surface area contributed by atoms with Gasteiger partial charge in [0, 0.05) is 31.1 Å². The molecule has 19 heteroatoms. The van der Waals surface area contributed by atoms with Crippen molar-refractivity contribution in [3.05, 3.63) is 39.4 Å². The Bertz CT molecular complexity index is 1810. The molecule has 2 aliphatic rings. The molecule has 292 valence electrons. The minimum absolute atomic E-state index is 0.0144. The number of anilines is 3. The van der Waals surface area contributed by atoms with Crippen LogP contribution in [0, 0.1) is 17.3 Å². The van der Waals surface area contributed by atoms with Crippen molar-refractivity contribution in [2.45, 2.75) is 97.2 Å². The van der Waals surface area contributed by atoms with E-state index in [-0.39, 0.29) is 108 Å². The molecule has 5 rings (SSSR count). The van der Waals surface area contributed by atoms with Crippen LogP contribution in [0.5, 0.6) is 0 Å². The number of aromatic nitrogens is 3. The number of fused-ring (bicyclic) bond motifs is 1. The third kappa shape index (κ3) is 9.56. The molecular weight excluding hydrogens is 761 g/mol. The second kappa shape index (κ2) is 15.6. The Morgan fingerprint density at radius 2 is 1.51 bits per heavy atom. The van der Waals surface area contributed by atoms with E-state index in [1.807, 2.05) is 0 Å². The molecule has 9 nitrogen and oxygen atoms in total. The van der Waals surface area contributed by atoms with Crippen LogP contribution in [0.2, 0.25) is 10.0 Å². The molecule has 3 N–H and O–H groups in total. The van der Waals surface area contributed by atoms with Gasteiger partial charge in [-0.2, -0.15) is 26.3 Å². The zero-order valence-corrected chi connectivity index (χ0v) is 30.5. The number of hydrogen-bond donors (Lipinski definition) is 3. The van der Waals surface area contributed by atoms with Gasteiger partial charge in [-0.05, 0) is 56.2 Å². The topological polar surface area (TPSA) is 104 Å². The third-order valence-corrected chi connectivity index (χ3v) is 10.3. The molecule has 3 aromatic rings. The van der Waals surface area contributed by atoms with Gasteiger partial charge >= 0.3 is 12.4 Å². The Hall–Kier alpha value is -3.60. The van der Waals surface area contributed by atoms with E-state index in [1.165, 1.54) is 17.0 Å². The fraction of sp³-hybridized carbons (Fsp3) is 0.588. The minimum Gasteiger partial charge on any atom is -0.356 e. The first-order chi connectivity index (χ1) is 24.6. The predicted octanol–water partition coefficient (Wildman–Crippen LogP) is 9.04. The van der Waals surface area contributed by atoms with Crippen LogP contribution in [0.3, 0.4) is 0 Å². The molecule has 1 aromatic carbocycles. The van der Waals surface area contributed by atoms with Crippen molar-refractivity contribution in [2.75, 3.05) is 23.3 Å². The van der Waals surface area contributed by atoms with E-state index in [0.717, 1.165) is 4.57 Å². The van der Waals surface area contributed by atoms with E-state index in [0.29, 0.717) is 5.56 Å². The summed E-state index contributed by atoms with van der Waals surface area (Å²) in [6.45, 7) is 3.96. The SMILES string of the molecule is CC(C)(C)C(=O)NCc1ccc(Cl)c(Nc2nc3cc(C(=O)NC4CCC(C(F)(F)F)CC4)c(N4CCC(C(F)(F)F)CC4)nc3n2CC(F)F)c1Cl. The van der Waals surface area contributed by atoms with Crippen LogP contribution in [0.4, 0.5) is 52.6 Å². The van der Waals surface area contributed by atoms with Gasteiger partial charge in [-0.3, -0.25) is 14.2 Å². The number of carbonyl (C=O) groups is 2. The first-order valence-corrected chi connectivity index (χ1v) is 17.8. The fourth-order valence-corrected chi connectivity index (χ4v) is 7.03. The molecule has 1 saturated carbocycles. The molecule has 2 aromatic heterocycles. The molecular formula is C34H39Cl2F8N7O2. The lowest BCUT2D eigenvalue weighted by atomic mass is 9.85. The summed E-state index contributed by atoms with van der Waals surface area (Å²) >= 11 is 13.2. The minimum atomic E-state index is -4.44. The van der Waals surface area contributed by atoms with Gasteiger partial charge in [0.25, 0.3) is 12.3 Å². The molecule has 1 saturated heterocycles. The molecule has 3 heterocycles. The van der Waals surface area contributed by atoms with Crippen molar-refractivity contribution in [3.8, 4) is 0 Å². The smallest absolute Gasteiger partial charge is 0.356 e. The summed E-state index contributed by atoms with van der Waals surface area (Å²) in [5, 5.41) is 8.54. The lowest BCUT2D eigenvalue weighted by Gasteiger charge is -2.35. The van der Waals surface area contributed by atoms with Crippen LogP contribution < -0.4 is 20.9 Å². The van der Waals surface area contributed by atoms with Crippen LogP contribution in [-0.2, 0) is 17.9 Å². The number of imidazole rings is 1. The molecule has 0 radical (unpaired) electrons. The summed E-state index contributed by atoms with van der Waals surface area (Å²) in [4.78, 5) is 36.7. The predicted molar refractivity (Wildman–Crippen MR) is 185 cm³/mol. The van der Waals surface area contributed by atoms with Crippen LogP contribution in [-0.4, -0.2) is 64.3 Å². The standard InChI is InChI=1S/C34H39Cl2F8N7O2/c1-32(2,3)30(53)45-15-17-4-9-22(35)26(25(17)36)48-31-47-23-14-21(29(52)46-20-7-5-18(6-8-20)33(39,40)41)27(49-28(23)51(31)16-24(37)38)50-12-10-19(11-13-50)34(42,43)44/h4,9,14,18-20,24H,5-8,10-13,15-16H2,1-3H3,(H,45,53)(H,46,52)(H,47,48). The lowest BCUT2D eigenvalue weighted by molar-refractivity contribution is -0.182. The molecule has 1 aliphatic heterocycles. The maximum Gasteiger partial charge on any atom is 0.391 e. The van der Waals surface area contributed by atoms with Gasteiger partial charge in [-0.15, -0.1) is 0 Å². The summed E-state index contributed by atoms with van der Waals surface area (Å²) in [7, 11) is 0. The second-order valence-corrected chi connectivity index (χ2v) is 15.2. The molecule has 0 unspecified atom stereocenters. The highest BCUT2D eigenvalue weighted by molar-refractivity contribution is 6.39. The van der Waals surface area contributed by atoms with Gasteiger partial charge < -0.3 is 20.9 Å². The summed E-state index contributed by atoms with van der Waals surface area (Å²) in [6.07, 6.45) is -12.6. The Balaban J connectivity index is 1.52. The van der Waals surface area contributed by atoms with Gasteiger partial charge in [0.05, 0.1) is 39.7 Å². The maximum absolute atomic E-state index is 14.1. The van der Waals surface area contributed by atoms with Gasteiger partial charge in [0.1, 0.15) is 11.3 Å². The summed E-state index contributed by atoms with van der Waals surface area (Å²) in [5.74, 6) is -4.34. The molecule has 0 atom stereocenters. The average molecular weight is 801 g/mol. The molecule has 2 amide bonds. The Morgan fingerprint density at radius 3 is 2.08 bits per heavy atom. The van der Waals surface area contributed by atoms with Crippen molar-refractivity contribution in [1.82, 2.24) is 25.2 Å². The van der Waals surface area contributed by atoms with Crippen molar-refractivity contribution in [3.63, 3.8) is 0 Å². The number of hydrogen-bond acceptors (Lipinski definition) is 6. The Kier molecular flexibility index (Phi) is 12.0. The second-order valence-electron chi connectivity index (χ2n) is 14.5. The van der Waals surface area contributed by atoms with Crippen molar-refractivity contribution in [2.24, 2.45) is 17.3 Å². The van der Waals surface area contributed by atoms with Crippen molar-refractivity contribution >= 4 is 63.6 Å². The largest absolute Gasteiger partial charge is 0.391 e. The summed E-state index contributed by atoms with van der Waals surface area (Å²) in [6, 6.07) is 3.73. The summed E-state index contributed by atoms with van der Waals surface area (Å²) < 4.78 is 110. The number of alkyl halides is 8. The van der Waals surface area contributed by atoms with Gasteiger partial charge in [-0.25, -0.2) is 18.7 Å². The monoisotopic (exact) mass is 799 g/mol. The van der Waals surface area contributed by atoms with E-state index in [4.69, 9.17) is 23.2 Å². The number of halogens is 10. The van der Waals surface area contributed by atoms with Gasteiger partial charge in [-0.1, -0.05) is 50.0 Å². The Labute approximate surface area is 310 Å². The van der Waals surface area contributed by atoms with Gasteiger partial charge in [0.2, 0.25) is 11.9 Å². The molecule has 2 fully saturated rings. The van der Waals surface area contributed by atoms with Crippen LogP contribution in [0.25, 0.3) is 11.2 Å². The first-order valence-electron chi connectivity index (χ1n) is 17.0. The number of amides is 2. The molecule has 0 spiro atoms. The van der Waals surface area contributed by atoms with E-state index >= 15 is 0 Å². The average Bonchev–Trinajstić information content (AvgIpc) is 3.39. The first kappa shape index (κ1) is 40.6. The number of piperidine rings is 1. The zero-order chi connectivity index (χ0) is 39.0. The van der Waals surface area contributed by atoms with E-state index < -0.39 is 54.5 Å². The van der Waals surface area contributed by atoms with E-state index in [1.54, 1.807) is 26.8 Å². The Morgan fingerprint density at radius 1 is 0.906 bits per heavy atom. The number of pyridine rings is 1. The highest BCUT2D eigenvalue weighted by Crippen LogP contribution is 2.40. The van der Waals surface area contributed by atoms with E-state index in [2.05, 4.69) is 25.9 Å². The quantitative estimate of drug-likeness (QED) is 0.187. The third-order valence-electron chi connectivity index (χ3n) is 9.58. The summed E-state index contributed by atoms with van der Waals surface area (Å²) in [5.41, 5.74) is -0.454. The number of rotatable bonds is 9.